The molecule has 0 radical (unpaired) electrons. The summed E-state index contributed by atoms with van der Waals surface area (Å²) in [6.07, 6.45) is 2.32. The van der Waals surface area contributed by atoms with Crippen LogP contribution < -0.4 is 5.32 Å². The van der Waals surface area contributed by atoms with Crippen molar-refractivity contribution < 1.29 is 38.2 Å². The molecule has 0 aromatic heterocycles. The fourth-order valence-electron chi connectivity index (χ4n) is 6.63. The van der Waals surface area contributed by atoms with Gasteiger partial charge in [0.05, 0.1) is 6.04 Å². The number of nitrogens with one attached hydrogen (secondary N) is 1. The van der Waals surface area contributed by atoms with Gasteiger partial charge in [-0.2, -0.15) is 0 Å². The number of thioether (sulfide) groups is 1. The predicted molar refractivity (Wildman–Crippen MR) is 190 cm³/mol. The first-order valence-corrected chi connectivity index (χ1v) is 18.0. The fraction of sp³-hybridized carbons (Fsp3) is 0.395. The van der Waals surface area contributed by atoms with Crippen molar-refractivity contribution in [2.24, 2.45) is 0 Å². The number of fused-ring (bicyclic) bond motifs is 1. The topological polar surface area (TPSA) is 135 Å². The fourth-order valence-corrected chi connectivity index (χ4v) is 7.94. The number of benzene rings is 2. The molecule has 51 heavy (non-hydrogen) atoms. The first kappa shape index (κ1) is 35.8. The molecule has 0 bridgehead atoms. The van der Waals surface area contributed by atoms with Gasteiger partial charge in [-0.25, -0.2) is 14.4 Å². The van der Waals surface area contributed by atoms with Crippen molar-refractivity contribution in [3.05, 3.63) is 107 Å². The molecule has 2 aromatic rings. The van der Waals surface area contributed by atoms with Gasteiger partial charge in [0.25, 0.3) is 5.91 Å². The van der Waals surface area contributed by atoms with Gasteiger partial charge in [-0.3, -0.25) is 14.5 Å². The Morgan fingerprint density at radius 3 is 2.31 bits per heavy atom. The van der Waals surface area contributed by atoms with Crippen molar-refractivity contribution in [3.8, 4) is 0 Å². The molecule has 4 aliphatic rings. The Morgan fingerprint density at radius 1 is 1.02 bits per heavy atom. The van der Waals surface area contributed by atoms with E-state index in [1.165, 1.54) is 22.7 Å². The van der Waals surface area contributed by atoms with Crippen LogP contribution in [0.25, 0.3) is 0 Å². The molecular weight excluding hydrogens is 673 g/mol. The van der Waals surface area contributed by atoms with E-state index >= 15 is 0 Å². The Hall–Kier alpha value is -5.04. The minimum Gasteiger partial charge on any atom is -0.448 e. The van der Waals surface area contributed by atoms with Crippen LogP contribution in [0.15, 0.2) is 96.2 Å². The predicted octanol–water partition coefficient (Wildman–Crippen LogP) is 4.94. The summed E-state index contributed by atoms with van der Waals surface area (Å²) in [6, 6.07) is 17.6. The zero-order chi connectivity index (χ0) is 36.3. The quantitative estimate of drug-likeness (QED) is 0.126. The van der Waals surface area contributed by atoms with Crippen LogP contribution in [0, 0.1) is 0 Å². The number of carbonyl (C=O) groups excluding carboxylic acids is 5. The Kier molecular flexibility index (Phi) is 10.6. The van der Waals surface area contributed by atoms with E-state index in [-0.39, 0.29) is 30.0 Å². The summed E-state index contributed by atoms with van der Waals surface area (Å²) in [6.45, 7) is 10.2. The molecule has 0 spiro atoms. The molecule has 6 rings (SSSR count). The zero-order valence-corrected chi connectivity index (χ0v) is 29.7. The number of allylic oxidation sites excluding steroid dienone is 1. The van der Waals surface area contributed by atoms with Gasteiger partial charge in [0.2, 0.25) is 5.91 Å². The molecule has 0 saturated carbocycles. The largest absolute Gasteiger partial charge is 0.448 e. The SMILES string of the molecule is C=CCOC(=O)N1CC[C@@H](N2CC/C(=C\C3=C(C(=O)OC(c4ccccc4)c4ccccc4)N4C(=O)[C@@H](NC(=O)OC(C)(C)C)C4SC3)C2=O)C1. The van der Waals surface area contributed by atoms with Crippen LogP contribution in [-0.2, 0) is 28.6 Å². The number of hydrogen-bond donors (Lipinski definition) is 1. The van der Waals surface area contributed by atoms with E-state index in [1.807, 2.05) is 60.7 Å². The summed E-state index contributed by atoms with van der Waals surface area (Å²) in [4.78, 5) is 71.6. The van der Waals surface area contributed by atoms with E-state index in [0.717, 1.165) is 11.1 Å². The first-order chi connectivity index (χ1) is 24.4. The van der Waals surface area contributed by atoms with Gasteiger partial charge in [0, 0.05) is 31.0 Å². The number of rotatable bonds is 9. The number of ether oxygens (including phenoxy) is 3. The van der Waals surface area contributed by atoms with Gasteiger partial charge >= 0.3 is 18.2 Å². The standard InChI is InChI=1S/C38H42N4O8S/c1-5-20-48-37(47)40-18-17-28(22-40)41-19-16-26(32(41)43)21-27-23-51-34-29(39-36(46)50-38(2,3)4)33(44)42(34)30(27)35(45)49-31(24-12-8-6-9-13-24)25-14-10-7-11-15-25/h5-15,21,28-29,31,34H,1,16-20,22-23H2,2-4H3,(H,39,46)/b26-21+/t28-,29-,34?/m1/s1. The number of amides is 4. The van der Waals surface area contributed by atoms with Crippen molar-refractivity contribution >= 4 is 41.7 Å². The summed E-state index contributed by atoms with van der Waals surface area (Å²) < 4.78 is 16.8. The van der Waals surface area contributed by atoms with Gasteiger partial charge in [0.15, 0.2) is 6.10 Å². The third kappa shape index (κ3) is 7.83. The maximum atomic E-state index is 14.3. The van der Waals surface area contributed by atoms with Crippen molar-refractivity contribution in [1.82, 2.24) is 20.0 Å². The lowest BCUT2D eigenvalue weighted by molar-refractivity contribution is -0.153. The normalized spacial score (nSPS) is 22.5. The number of carbonyl (C=O) groups is 5. The van der Waals surface area contributed by atoms with E-state index < -0.39 is 47.2 Å². The van der Waals surface area contributed by atoms with Gasteiger partial charge in [-0.1, -0.05) is 73.3 Å². The second-order valence-electron chi connectivity index (χ2n) is 13.7. The van der Waals surface area contributed by atoms with Crippen molar-refractivity contribution in [2.45, 2.75) is 62.8 Å². The lowest BCUT2D eigenvalue weighted by Crippen LogP contribution is -2.70. The summed E-state index contributed by atoms with van der Waals surface area (Å²) in [5.41, 5.74) is 1.76. The molecule has 12 nitrogen and oxygen atoms in total. The van der Waals surface area contributed by atoms with Crippen LogP contribution in [0.4, 0.5) is 9.59 Å². The molecule has 13 heteroatoms. The Balaban J connectivity index is 1.28. The van der Waals surface area contributed by atoms with E-state index in [4.69, 9.17) is 14.2 Å². The summed E-state index contributed by atoms with van der Waals surface area (Å²) in [5, 5.41) is 2.08. The second kappa shape index (κ2) is 15.1. The van der Waals surface area contributed by atoms with E-state index in [1.54, 1.807) is 36.6 Å². The number of hydrogen-bond acceptors (Lipinski definition) is 9. The number of nitrogens with zero attached hydrogens (tertiary/aromatic N) is 3. The highest BCUT2D eigenvalue weighted by Crippen LogP contribution is 2.43. The Morgan fingerprint density at radius 2 is 1.69 bits per heavy atom. The minimum absolute atomic E-state index is 0.0404. The van der Waals surface area contributed by atoms with Crippen LogP contribution in [0.5, 0.6) is 0 Å². The van der Waals surface area contributed by atoms with E-state index in [9.17, 15) is 24.0 Å². The Labute approximate surface area is 301 Å². The maximum absolute atomic E-state index is 14.3. The first-order valence-electron chi connectivity index (χ1n) is 17.0. The number of β-lactam (4-membered cyclic amide) rings is 1. The average molecular weight is 715 g/mol. The highest BCUT2D eigenvalue weighted by Gasteiger charge is 2.55. The maximum Gasteiger partial charge on any atom is 0.410 e. The molecule has 3 fully saturated rings. The molecule has 4 heterocycles. The highest BCUT2D eigenvalue weighted by molar-refractivity contribution is 8.00. The van der Waals surface area contributed by atoms with Crippen molar-refractivity contribution in [1.29, 1.82) is 0 Å². The molecule has 3 atom stereocenters. The molecular formula is C38H42N4O8S. The molecule has 4 amide bonds. The van der Waals surface area contributed by atoms with Gasteiger partial charge in [-0.15, -0.1) is 11.8 Å². The van der Waals surface area contributed by atoms with Crippen molar-refractivity contribution in [3.63, 3.8) is 0 Å². The molecule has 268 valence electrons. The van der Waals surface area contributed by atoms with Gasteiger partial charge < -0.3 is 29.3 Å². The molecule has 1 unspecified atom stereocenters. The van der Waals surface area contributed by atoms with E-state index in [2.05, 4.69) is 11.9 Å². The lowest BCUT2D eigenvalue weighted by Gasteiger charge is -2.49. The van der Waals surface area contributed by atoms with Crippen LogP contribution in [0.2, 0.25) is 0 Å². The second-order valence-corrected chi connectivity index (χ2v) is 14.8. The molecule has 2 aromatic carbocycles. The van der Waals surface area contributed by atoms with Crippen LogP contribution in [0.3, 0.4) is 0 Å². The molecule has 1 N–H and O–H groups in total. The van der Waals surface area contributed by atoms with Crippen LogP contribution in [-0.4, -0.2) is 99.7 Å². The van der Waals surface area contributed by atoms with Crippen molar-refractivity contribution in [2.75, 3.05) is 32.0 Å². The lowest BCUT2D eigenvalue weighted by atomic mass is 10.00. The molecule has 0 aliphatic carbocycles. The average Bonchev–Trinajstić information content (AvgIpc) is 3.75. The number of likely N-dealkylation sites (tertiary alicyclic amines) is 2. The summed E-state index contributed by atoms with van der Waals surface area (Å²) in [7, 11) is 0. The number of esters is 1. The van der Waals surface area contributed by atoms with Crippen LogP contribution in [0.1, 0.15) is 50.8 Å². The van der Waals surface area contributed by atoms with Gasteiger partial charge in [0.1, 0.15) is 29.3 Å². The number of alkyl carbamates (subject to hydrolysis) is 1. The third-order valence-corrected chi connectivity index (χ3v) is 10.3. The third-order valence-electron chi connectivity index (χ3n) is 8.99. The smallest absolute Gasteiger partial charge is 0.410 e. The summed E-state index contributed by atoms with van der Waals surface area (Å²) in [5.74, 6) is -1.10. The Bertz CT molecular complexity index is 1720. The highest BCUT2D eigenvalue weighted by atomic mass is 32.2. The van der Waals surface area contributed by atoms with Gasteiger partial charge in [-0.05, 0) is 56.4 Å². The van der Waals surface area contributed by atoms with E-state index in [0.29, 0.717) is 43.6 Å². The minimum atomic E-state index is -0.909. The zero-order valence-electron chi connectivity index (χ0n) is 28.9. The summed E-state index contributed by atoms with van der Waals surface area (Å²) >= 11 is 1.38. The monoisotopic (exact) mass is 714 g/mol. The molecule has 4 aliphatic heterocycles. The molecule has 3 saturated heterocycles. The van der Waals surface area contributed by atoms with Crippen LogP contribution >= 0.6 is 11.8 Å².